The molecule has 1 aromatic rings. The van der Waals surface area contributed by atoms with Gasteiger partial charge in [0.05, 0.1) is 5.75 Å². The van der Waals surface area contributed by atoms with Gasteiger partial charge in [0.1, 0.15) is 0 Å². The number of carbonyl (C=O) groups is 1. The molecule has 0 aliphatic carbocycles. The van der Waals surface area contributed by atoms with E-state index in [1.807, 2.05) is 6.92 Å². The van der Waals surface area contributed by atoms with Crippen molar-refractivity contribution in [1.29, 1.82) is 0 Å². The maximum absolute atomic E-state index is 11.0. The molecule has 70 valence electrons. The molecule has 4 heteroatoms. The highest BCUT2D eigenvalue weighted by Gasteiger charge is 2.02. The van der Waals surface area contributed by atoms with E-state index in [1.165, 1.54) is 0 Å². The van der Waals surface area contributed by atoms with E-state index < -0.39 is 0 Å². The summed E-state index contributed by atoms with van der Waals surface area (Å²) in [5.41, 5.74) is 1.73. The highest BCUT2D eigenvalue weighted by atomic mass is 35.5. The van der Waals surface area contributed by atoms with Crippen LogP contribution in [0.4, 0.5) is 5.69 Å². The fourth-order valence-corrected chi connectivity index (χ4v) is 1.26. The van der Waals surface area contributed by atoms with E-state index in [-0.39, 0.29) is 11.7 Å². The van der Waals surface area contributed by atoms with E-state index in [4.69, 9.17) is 11.6 Å². The normalized spacial score (nSPS) is 9.77. The standard InChI is InChI=1S/C9H10ClNOS/c1-6-4-7(10)2-3-8(6)11-9(12)5-13/h2-4,13H,5H2,1H3,(H,11,12). The van der Waals surface area contributed by atoms with Crippen LogP contribution in [0.25, 0.3) is 0 Å². The van der Waals surface area contributed by atoms with Crippen molar-refractivity contribution in [2.75, 3.05) is 11.1 Å². The van der Waals surface area contributed by atoms with E-state index in [9.17, 15) is 4.79 Å². The van der Waals surface area contributed by atoms with Crippen LogP contribution in [0.3, 0.4) is 0 Å². The zero-order chi connectivity index (χ0) is 9.84. The first-order valence-electron chi connectivity index (χ1n) is 3.80. The van der Waals surface area contributed by atoms with Gasteiger partial charge in [-0.15, -0.1) is 0 Å². The maximum Gasteiger partial charge on any atom is 0.234 e. The predicted octanol–water partition coefficient (Wildman–Crippen LogP) is 2.52. The Balaban J connectivity index is 2.83. The predicted molar refractivity (Wildman–Crippen MR) is 58.7 cm³/mol. The van der Waals surface area contributed by atoms with Gasteiger partial charge < -0.3 is 5.32 Å². The maximum atomic E-state index is 11.0. The second-order valence-electron chi connectivity index (χ2n) is 2.67. The number of benzene rings is 1. The molecule has 1 amide bonds. The first-order chi connectivity index (χ1) is 6.13. The van der Waals surface area contributed by atoms with E-state index in [0.717, 1.165) is 11.3 Å². The third-order valence-corrected chi connectivity index (χ3v) is 2.13. The Bertz CT molecular complexity index is 327. The first kappa shape index (κ1) is 10.4. The Kier molecular flexibility index (Phi) is 3.63. The topological polar surface area (TPSA) is 29.1 Å². The Morgan fingerprint density at radius 1 is 1.62 bits per heavy atom. The molecule has 0 aliphatic heterocycles. The van der Waals surface area contributed by atoms with E-state index >= 15 is 0 Å². The number of nitrogens with one attached hydrogen (secondary N) is 1. The Labute approximate surface area is 87.7 Å². The van der Waals surface area contributed by atoms with Gasteiger partial charge >= 0.3 is 0 Å². The van der Waals surface area contributed by atoms with Gasteiger partial charge in [-0.2, -0.15) is 12.6 Å². The molecule has 1 N–H and O–H groups in total. The lowest BCUT2D eigenvalue weighted by molar-refractivity contribution is -0.113. The molecular weight excluding hydrogens is 206 g/mol. The number of thiol groups is 1. The van der Waals surface area contributed by atoms with Crippen LogP contribution >= 0.6 is 24.2 Å². The van der Waals surface area contributed by atoms with E-state index in [0.29, 0.717) is 5.02 Å². The molecule has 0 heterocycles. The zero-order valence-corrected chi connectivity index (χ0v) is 8.82. The van der Waals surface area contributed by atoms with Crippen LogP contribution in [0.2, 0.25) is 5.02 Å². The fraction of sp³-hybridized carbons (Fsp3) is 0.222. The number of carbonyl (C=O) groups excluding carboxylic acids is 1. The molecule has 2 nitrogen and oxygen atoms in total. The lowest BCUT2D eigenvalue weighted by Gasteiger charge is -2.06. The van der Waals surface area contributed by atoms with Gasteiger partial charge in [0.2, 0.25) is 5.91 Å². The third kappa shape index (κ3) is 2.94. The largest absolute Gasteiger partial charge is 0.325 e. The minimum Gasteiger partial charge on any atom is -0.325 e. The van der Waals surface area contributed by atoms with Crippen LogP contribution < -0.4 is 5.32 Å². The minimum absolute atomic E-state index is 0.117. The van der Waals surface area contributed by atoms with Crippen LogP contribution in [0.1, 0.15) is 5.56 Å². The summed E-state index contributed by atoms with van der Waals surface area (Å²) < 4.78 is 0. The quantitative estimate of drug-likeness (QED) is 0.730. The van der Waals surface area contributed by atoms with Crippen LogP contribution in [-0.2, 0) is 4.79 Å². The molecule has 1 rings (SSSR count). The van der Waals surface area contributed by atoms with Gasteiger partial charge in [0, 0.05) is 10.7 Å². The summed E-state index contributed by atoms with van der Waals surface area (Å²) in [4.78, 5) is 11.0. The summed E-state index contributed by atoms with van der Waals surface area (Å²) >= 11 is 9.62. The van der Waals surface area contributed by atoms with Gasteiger partial charge in [0.15, 0.2) is 0 Å². The minimum atomic E-state index is -0.117. The number of anilines is 1. The van der Waals surface area contributed by atoms with Crippen molar-refractivity contribution in [1.82, 2.24) is 0 Å². The van der Waals surface area contributed by atoms with Crippen molar-refractivity contribution >= 4 is 35.8 Å². The van der Waals surface area contributed by atoms with Crippen molar-refractivity contribution in [3.05, 3.63) is 28.8 Å². The molecular formula is C9H10ClNOS. The highest BCUT2D eigenvalue weighted by Crippen LogP contribution is 2.19. The zero-order valence-electron chi connectivity index (χ0n) is 7.17. The summed E-state index contributed by atoms with van der Waals surface area (Å²) in [5.74, 6) is 0.0657. The molecule has 0 aromatic heterocycles. The lowest BCUT2D eigenvalue weighted by atomic mass is 10.2. The fourth-order valence-electron chi connectivity index (χ4n) is 0.957. The summed E-state index contributed by atoms with van der Waals surface area (Å²) in [6, 6.07) is 5.32. The van der Waals surface area contributed by atoms with Crippen LogP contribution in [0.5, 0.6) is 0 Å². The van der Waals surface area contributed by atoms with Gasteiger partial charge in [0.25, 0.3) is 0 Å². The number of hydrogen-bond donors (Lipinski definition) is 2. The molecule has 13 heavy (non-hydrogen) atoms. The Hall–Kier alpha value is -0.670. The Morgan fingerprint density at radius 3 is 2.85 bits per heavy atom. The van der Waals surface area contributed by atoms with Crippen molar-refractivity contribution in [2.45, 2.75) is 6.92 Å². The second-order valence-corrected chi connectivity index (χ2v) is 3.42. The smallest absolute Gasteiger partial charge is 0.234 e. The average Bonchev–Trinajstić information content (AvgIpc) is 2.09. The summed E-state index contributed by atoms with van der Waals surface area (Å²) in [5, 5.41) is 3.38. The number of hydrogen-bond acceptors (Lipinski definition) is 2. The number of aryl methyl sites for hydroxylation is 1. The average molecular weight is 216 g/mol. The third-order valence-electron chi connectivity index (χ3n) is 1.61. The molecule has 0 saturated carbocycles. The lowest BCUT2D eigenvalue weighted by Crippen LogP contribution is -2.13. The summed E-state index contributed by atoms with van der Waals surface area (Å²) in [6.07, 6.45) is 0. The molecule has 0 atom stereocenters. The van der Waals surface area contributed by atoms with Gasteiger partial charge in [-0.25, -0.2) is 0 Å². The van der Waals surface area contributed by atoms with Crippen molar-refractivity contribution in [3.8, 4) is 0 Å². The Morgan fingerprint density at radius 2 is 2.31 bits per heavy atom. The molecule has 0 unspecified atom stereocenters. The van der Waals surface area contributed by atoms with E-state index in [2.05, 4.69) is 17.9 Å². The van der Waals surface area contributed by atoms with Crippen LogP contribution in [0, 0.1) is 6.92 Å². The first-order valence-corrected chi connectivity index (χ1v) is 4.81. The highest BCUT2D eigenvalue weighted by molar-refractivity contribution is 7.81. The van der Waals surface area contributed by atoms with Gasteiger partial charge in [-0.1, -0.05) is 11.6 Å². The molecule has 0 bridgehead atoms. The van der Waals surface area contributed by atoms with Crippen molar-refractivity contribution in [2.24, 2.45) is 0 Å². The monoisotopic (exact) mass is 215 g/mol. The summed E-state index contributed by atoms with van der Waals surface area (Å²) in [7, 11) is 0. The number of rotatable bonds is 2. The molecule has 0 radical (unpaired) electrons. The molecule has 0 saturated heterocycles. The number of amides is 1. The SMILES string of the molecule is Cc1cc(Cl)ccc1NC(=O)CS. The second kappa shape index (κ2) is 4.53. The molecule has 1 aromatic carbocycles. The van der Waals surface area contributed by atoms with E-state index in [1.54, 1.807) is 18.2 Å². The van der Waals surface area contributed by atoms with Gasteiger partial charge in [-0.05, 0) is 30.7 Å². The van der Waals surface area contributed by atoms with Crippen LogP contribution in [0.15, 0.2) is 18.2 Å². The number of halogens is 1. The van der Waals surface area contributed by atoms with Crippen molar-refractivity contribution in [3.63, 3.8) is 0 Å². The molecule has 0 fully saturated rings. The molecule has 0 aliphatic rings. The summed E-state index contributed by atoms with van der Waals surface area (Å²) in [6.45, 7) is 1.89. The molecule has 0 spiro atoms. The van der Waals surface area contributed by atoms with Gasteiger partial charge in [-0.3, -0.25) is 4.79 Å². The van der Waals surface area contributed by atoms with Crippen molar-refractivity contribution < 1.29 is 4.79 Å². The van der Waals surface area contributed by atoms with Crippen LogP contribution in [-0.4, -0.2) is 11.7 Å².